The molecule has 7 nitrogen and oxygen atoms in total. The smallest absolute Gasteiger partial charge is 0.326 e. The Labute approximate surface area is 181 Å². The molecule has 2 amide bonds. The van der Waals surface area contributed by atoms with Gasteiger partial charge in [0.25, 0.3) is 11.8 Å². The number of esters is 1. The predicted octanol–water partition coefficient (Wildman–Crippen LogP) is 3.73. The molecule has 3 rings (SSSR count). The van der Waals surface area contributed by atoms with Gasteiger partial charge >= 0.3 is 5.97 Å². The Morgan fingerprint density at radius 1 is 1.17 bits per heavy atom. The van der Waals surface area contributed by atoms with Gasteiger partial charge in [-0.05, 0) is 25.1 Å². The van der Waals surface area contributed by atoms with Crippen molar-refractivity contribution in [3.05, 3.63) is 64.0 Å². The summed E-state index contributed by atoms with van der Waals surface area (Å²) in [7, 11) is 0. The number of benzene rings is 2. The predicted molar refractivity (Wildman–Crippen MR) is 115 cm³/mol. The van der Waals surface area contributed by atoms with Gasteiger partial charge in [-0.25, -0.2) is 0 Å². The van der Waals surface area contributed by atoms with Crippen molar-refractivity contribution in [2.45, 2.75) is 13.0 Å². The third-order valence-electron chi connectivity index (χ3n) is 4.12. The van der Waals surface area contributed by atoms with Crippen LogP contribution < -0.4 is 10.6 Å². The van der Waals surface area contributed by atoms with Gasteiger partial charge in [-0.1, -0.05) is 41.9 Å². The van der Waals surface area contributed by atoms with Crippen LogP contribution in [0, 0.1) is 11.3 Å². The Kier molecular flexibility index (Phi) is 6.67. The van der Waals surface area contributed by atoms with Gasteiger partial charge in [-0.2, -0.15) is 5.26 Å². The minimum atomic E-state index is -1.12. The van der Waals surface area contributed by atoms with Crippen LogP contribution in [0.1, 0.15) is 22.2 Å². The molecule has 0 spiro atoms. The van der Waals surface area contributed by atoms with Crippen LogP contribution in [-0.4, -0.2) is 30.4 Å². The molecule has 1 atom stereocenters. The van der Waals surface area contributed by atoms with Crippen molar-refractivity contribution in [2.75, 3.05) is 11.9 Å². The zero-order valence-electron chi connectivity index (χ0n) is 15.8. The third kappa shape index (κ3) is 4.76. The molecule has 0 aliphatic rings. The molecule has 30 heavy (non-hydrogen) atoms. The van der Waals surface area contributed by atoms with Gasteiger partial charge < -0.3 is 15.4 Å². The molecule has 0 saturated carbocycles. The van der Waals surface area contributed by atoms with Gasteiger partial charge in [0.15, 0.2) is 6.10 Å². The SMILES string of the molecule is C[C@@H](OC(=O)CNC(=O)c1sc2ccccc2c1Cl)C(=O)Nc1ccccc1C#N. The summed E-state index contributed by atoms with van der Waals surface area (Å²) in [6, 6.07) is 15.7. The summed E-state index contributed by atoms with van der Waals surface area (Å²) in [6.07, 6.45) is -1.12. The van der Waals surface area contributed by atoms with E-state index in [1.165, 1.54) is 18.3 Å². The molecular weight excluding hydrogens is 426 g/mol. The van der Waals surface area contributed by atoms with E-state index in [4.69, 9.17) is 21.6 Å². The highest BCUT2D eigenvalue weighted by Gasteiger charge is 2.21. The lowest BCUT2D eigenvalue weighted by molar-refractivity contribution is -0.152. The number of carbonyl (C=O) groups is 3. The van der Waals surface area contributed by atoms with E-state index >= 15 is 0 Å². The standard InChI is InChI=1S/C21H16ClN3O4S/c1-12(20(27)25-15-8-4-2-6-13(15)10-23)29-17(26)11-24-21(28)19-18(22)14-7-3-5-9-16(14)30-19/h2-9,12H,11H2,1H3,(H,24,28)(H,25,27)/t12-/m1/s1. The number of rotatable bonds is 6. The average molecular weight is 442 g/mol. The topological polar surface area (TPSA) is 108 Å². The van der Waals surface area contributed by atoms with Crippen LogP contribution in [-0.2, 0) is 14.3 Å². The molecule has 0 unspecified atom stereocenters. The number of ether oxygens (including phenoxy) is 1. The van der Waals surface area contributed by atoms with Gasteiger partial charge in [0.1, 0.15) is 17.5 Å². The molecule has 9 heteroatoms. The zero-order chi connectivity index (χ0) is 21.7. The van der Waals surface area contributed by atoms with Crippen LogP contribution >= 0.6 is 22.9 Å². The van der Waals surface area contributed by atoms with Crippen molar-refractivity contribution in [1.29, 1.82) is 5.26 Å². The van der Waals surface area contributed by atoms with Gasteiger partial charge in [-0.15, -0.1) is 11.3 Å². The monoisotopic (exact) mass is 441 g/mol. The van der Waals surface area contributed by atoms with Gasteiger partial charge in [-0.3, -0.25) is 14.4 Å². The van der Waals surface area contributed by atoms with E-state index in [-0.39, 0.29) is 5.56 Å². The molecule has 3 aromatic rings. The molecule has 0 bridgehead atoms. The molecule has 2 aromatic carbocycles. The van der Waals surface area contributed by atoms with Gasteiger partial charge in [0.2, 0.25) is 0 Å². The fourth-order valence-corrected chi connectivity index (χ4v) is 4.04. The first-order valence-corrected chi connectivity index (χ1v) is 10.0. The Hall–Kier alpha value is -3.41. The van der Waals surface area contributed by atoms with Crippen molar-refractivity contribution in [2.24, 2.45) is 0 Å². The van der Waals surface area contributed by atoms with Crippen molar-refractivity contribution in [3.8, 4) is 6.07 Å². The summed E-state index contributed by atoms with van der Waals surface area (Å²) in [5.41, 5.74) is 0.609. The minimum Gasteiger partial charge on any atom is -0.451 e. The first kappa shape index (κ1) is 21.3. The van der Waals surface area contributed by atoms with Crippen molar-refractivity contribution in [3.63, 3.8) is 0 Å². The summed E-state index contributed by atoms with van der Waals surface area (Å²) < 4.78 is 5.91. The molecule has 0 saturated heterocycles. The van der Waals surface area contributed by atoms with E-state index in [0.717, 1.165) is 10.1 Å². The Bertz CT molecular complexity index is 1170. The number of amides is 2. The van der Waals surface area contributed by atoms with Crippen LogP contribution in [0.4, 0.5) is 5.69 Å². The van der Waals surface area contributed by atoms with Crippen LogP contribution in [0.25, 0.3) is 10.1 Å². The number of halogens is 1. The highest BCUT2D eigenvalue weighted by molar-refractivity contribution is 7.21. The molecule has 0 radical (unpaired) electrons. The number of nitriles is 1. The van der Waals surface area contributed by atoms with Crippen molar-refractivity contribution < 1.29 is 19.1 Å². The Morgan fingerprint density at radius 2 is 1.87 bits per heavy atom. The molecule has 0 aliphatic heterocycles. The number of anilines is 1. The zero-order valence-corrected chi connectivity index (χ0v) is 17.3. The lowest BCUT2D eigenvalue weighted by Crippen LogP contribution is -2.35. The van der Waals surface area contributed by atoms with E-state index in [0.29, 0.717) is 15.6 Å². The second kappa shape index (κ2) is 9.39. The van der Waals surface area contributed by atoms with Gasteiger partial charge in [0, 0.05) is 10.1 Å². The maximum absolute atomic E-state index is 12.4. The second-order valence-corrected chi connectivity index (χ2v) is 7.63. The van der Waals surface area contributed by atoms with E-state index in [1.54, 1.807) is 24.3 Å². The number of thiophene rings is 1. The van der Waals surface area contributed by atoms with E-state index in [1.807, 2.05) is 30.3 Å². The van der Waals surface area contributed by atoms with Crippen molar-refractivity contribution in [1.82, 2.24) is 5.32 Å². The lowest BCUT2D eigenvalue weighted by atomic mass is 10.2. The number of hydrogen-bond donors (Lipinski definition) is 2. The van der Waals surface area contributed by atoms with Crippen LogP contribution in [0.5, 0.6) is 0 Å². The Morgan fingerprint density at radius 3 is 2.60 bits per heavy atom. The van der Waals surface area contributed by atoms with E-state index in [2.05, 4.69) is 10.6 Å². The highest BCUT2D eigenvalue weighted by Crippen LogP contribution is 2.34. The maximum Gasteiger partial charge on any atom is 0.326 e. The maximum atomic E-state index is 12.4. The largest absolute Gasteiger partial charge is 0.451 e. The number of nitrogens with one attached hydrogen (secondary N) is 2. The summed E-state index contributed by atoms with van der Waals surface area (Å²) >= 11 is 7.47. The average Bonchev–Trinajstić information content (AvgIpc) is 3.09. The summed E-state index contributed by atoms with van der Waals surface area (Å²) in [5.74, 6) is -1.88. The fourth-order valence-electron chi connectivity index (χ4n) is 2.61. The summed E-state index contributed by atoms with van der Waals surface area (Å²) in [6.45, 7) is 0.975. The van der Waals surface area contributed by atoms with Crippen LogP contribution in [0.3, 0.4) is 0 Å². The third-order valence-corrected chi connectivity index (χ3v) is 5.79. The molecule has 0 aliphatic carbocycles. The summed E-state index contributed by atoms with van der Waals surface area (Å²) in [4.78, 5) is 36.9. The van der Waals surface area contributed by atoms with E-state index in [9.17, 15) is 14.4 Å². The number of fused-ring (bicyclic) bond motifs is 1. The lowest BCUT2D eigenvalue weighted by Gasteiger charge is -2.14. The van der Waals surface area contributed by atoms with Gasteiger partial charge in [0.05, 0.1) is 16.3 Å². The summed E-state index contributed by atoms with van der Waals surface area (Å²) in [5, 5.41) is 15.1. The molecule has 2 N–H and O–H groups in total. The number of nitrogens with zero attached hydrogens (tertiary/aromatic N) is 1. The van der Waals surface area contributed by atoms with Crippen LogP contribution in [0.15, 0.2) is 48.5 Å². The highest BCUT2D eigenvalue weighted by atomic mass is 35.5. The molecule has 1 aromatic heterocycles. The first-order valence-electron chi connectivity index (χ1n) is 8.85. The number of carbonyl (C=O) groups excluding carboxylic acids is 3. The molecule has 0 fully saturated rings. The van der Waals surface area contributed by atoms with E-state index < -0.39 is 30.4 Å². The molecule has 152 valence electrons. The number of para-hydroxylation sites is 1. The fraction of sp³-hybridized carbons (Fsp3) is 0.143. The minimum absolute atomic E-state index is 0.289. The molecule has 1 heterocycles. The first-order chi connectivity index (χ1) is 14.4. The van der Waals surface area contributed by atoms with Crippen molar-refractivity contribution >= 4 is 56.5 Å². The second-order valence-electron chi connectivity index (χ2n) is 6.20. The molecular formula is C21H16ClN3O4S. The van der Waals surface area contributed by atoms with Crippen LogP contribution in [0.2, 0.25) is 5.02 Å². The normalized spacial score (nSPS) is 11.4. The quantitative estimate of drug-likeness (QED) is 0.566. The number of hydrogen-bond acceptors (Lipinski definition) is 6. The Balaban J connectivity index is 1.54.